The van der Waals surface area contributed by atoms with Gasteiger partial charge in [0.1, 0.15) is 11.9 Å². The third-order valence-electron chi connectivity index (χ3n) is 1.74. The lowest BCUT2D eigenvalue weighted by Gasteiger charge is -2.07. The number of carbonyl (C=O) groups is 1. The highest BCUT2D eigenvalue weighted by Gasteiger charge is 2.09. The van der Waals surface area contributed by atoms with E-state index in [-0.39, 0.29) is 17.3 Å². The van der Waals surface area contributed by atoms with Crippen LogP contribution < -0.4 is 5.56 Å². The molecule has 0 aliphatic heterocycles. The van der Waals surface area contributed by atoms with Crippen molar-refractivity contribution in [1.29, 1.82) is 0 Å². The Morgan fingerprint density at radius 1 is 1.60 bits per heavy atom. The van der Waals surface area contributed by atoms with Gasteiger partial charge in [-0.25, -0.2) is 4.68 Å². The molecule has 80 valence electrons. The van der Waals surface area contributed by atoms with E-state index in [4.69, 9.17) is 5.21 Å². The molecule has 1 rings (SSSR count). The Balaban J connectivity index is 3.19. The monoisotopic (exact) mass is 209 g/mol. The molecule has 6 nitrogen and oxygen atoms in total. The molecular formula is C9H11N3O3. The van der Waals surface area contributed by atoms with Gasteiger partial charge in [0.25, 0.3) is 5.56 Å². The van der Waals surface area contributed by atoms with Crippen molar-refractivity contribution in [3.63, 3.8) is 0 Å². The Kier molecular flexibility index (Phi) is 3.33. The van der Waals surface area contributed by atoms with Gasteiger partial charge in [0, 0.05) is 6.07 Å². The number of hydrogen-bond acceptors (Lipinski definition) is 5. The lowest BCUT2D eigenvalue weighted by atomic mass is 10.3. The molecule has 0 amide bonds. The van der Waals surface area contributed by atoms with Crippen LogP contribution in [0, 0.1) is 0 Å². The van der Waals surface area contributed by atoms with Crippen LogP contribution in [-0.4, -0.2) is 27.0 Å². The fourth-order valence-corrected chi connectivity index (χ4v) is 1.05. The number of aromatic nitrogens is 2. The number of rotatable bonds is 3. The zero-order valence-electron chi connectivity index (χ0n) is 8.41. The third kappa shape index (κ3) is 2.49. The van der Waals surface area contributed by atoms with Gasteiger partial charge in [0.2, 0.25) is 5.78 Å². The van der Waals surface area contributed by atoms with Crippen molar-refractivity contribution in [3.8, 4) is 0 Å². The first-order valence-electron chi connectivity index (χ1n) is 4.38. The van der Waals surface area contributed by atoms with Gasteiger partial charge in [0.15, 0.2) is 0 Å². The molecule has 1 heterocycles. The van der Waals surface area contributed by atoms with Gasteiger partial charge in [-0.1, -0.05) is 5.16 Å². The van der Waals surface area contributed by atoms with Crippen molar-refractivity contribution in [2.24, 2.45) is 5.16 Å². The highest BCUT2D eigenvalue weighted by atomic mass is 16.4. The Labute approximate surface area is 85.8 Å². The second-order valence-corrected chi connectivity index (χ2v) is 3.20. The summed E-state index contributed by atoms with van der Waals surface area (Å²) in [6.07, 6.45) is 0.734. The number of carbonyl (C=O) groups excluding carboxylic acids is 1. The first-order chi connectivity index (χ1) is 7.06. The molecule has 0 spiro atoms. The van der Waals surface area contributed by atoms with Gasteiger partial charge >= 0.3 is 0 Å². The second kappa shape index (κ2) is 4.50. The summed E-state index contributed by atoms with van der Waals surface area (Å²) in [5, 5.41) is 14.6. The lowest BCUT2D eigenvalue weighted by Crippen LogP contribution is -2.26. The molecule has 0 bridgehead atoms. The van der Waals surface area contributed by atoms with Gasteiger partial charge in [-0.3, -0.25) is 9.59 Å². The molecule has 6 heteroatoms. The maximum atomic E-state index is 11.3. The highest BCUT2D eigenvalue weighted by molar-refractivity contribution is 6.34. The van der Waals surface area contributed by atoms with Crippen LogP contribution in [0.15, 0.2) is 22.1 Å². The maximum absolute atomic E-state index is 11.3. The van der Waals surface area contributed by atoms with Crippen LogP contribution in [0.4, 0.5) is 0 Å². The number of nitrogens with zero attached hydrogens (tertiary/aromatic N) is 3. The van der Waals surface area contributed by atoms with Crippen LogP contribution in [0.1, 0.15) is 30.4 Å². The Hall–Kier alpha value is -1.98. The average Bonchev–Trinajstić information content (AvgIpc) is 2.18. The summed E-state index contributed by atoms with van der Waals surface area (Å²) in [7, 11) is 0. The van der Waals surface area contributed by atoms with E-state index >= 15 is 0 Å². The molecule has 0 saturated heterocycles. The minimum atomic E-state index is -0.549. The first kappa shape index (κ1) is 11.1. The molecule has 0 aliphatic carbocycles. The minimum Gasteiger partial charge on any atom is -0.411 e. The molecule has 0 aliphatic rings. The maximum Gasteiger partial charge on any atom is 0.267 e. The predicted molar refractivity (Wildman–Crippen MR) is 53.5 cm³/mol. The summed E-state index contributed by atoms with van der Waals surface area (Å²) < 4.78 is 1.19. The molecule has 0 atom stereocenters. The fraction of sp³-hybridized carbons (Fsp3) is 0.333. The van der Waals surface area contributed by atoms with E-state index in [0.29, 0.717) is 0 Å². The topological polar surface area (TPSA) is 84.6 Å². The third-order valence-corrected chi connectivity index (χ3v) is 1.74. The van der Waals surface area contributed by atoms with E-state index in [2.05, 4.69) is 10.3 Å². The van der Waals surface area contributed by atoms with E-state index in [1.165, 1.54) is 16.8 Å². The largest absolute Gasteiger partial charge is 0.411 e. The Morgan fingerprint density at radius 2 is 2.27 bits per heavy atom. The average molecular weight is 209 g/mol. The van der Waals surface area contributed by atoms with Crippen molar-refractivity contribution in [3.05, 3.63) is 28.2 Å². The summed E-state index contributed by atoms with van der Waals surface area (Å²) in [5.74, 6) is -0.549. The molecule has 15 heavy (non-hydrogen) atoms. The van der Waals surface area contributed by atoms with E-state index in [0.717, 1.165) is 6.21 Å². The minimum absolute atomic E-state index is 0.0705. The first-order valence-corrected chi connectivity index (χ1v) is 4.38. The molecule has 1 aromatic rings. The molecule has 0 saturated carbocycles. The number of oxime groups is 1. The molecule has 0 radical (unpaired) electrons. The summed E-state index contributed by atoms with van der Waals surface area (Å²) in [6.45, 7) is 3.56. The van der Waals surface area contributed by atoms with Crippen LogP contribution in [0.5, 0.6) is 0 Å². The zero-order valence-corrected chi connectivity index (χ0v) is 8.41. The number of hydrogen-bond donors (Lipinski definition) is 1. The molecule has 1 aromatic heterocycles. The van der Waals surface area contributed by atoms with Crippen molar-refractivity contribution in [1.82, 2.24) is 9.78 Å². The van der Waals surface area contributed by atoms with E-state index in [1.807, 2.05) is 0 Å². The van der Waals surface area contributed by atoms with Crippen LogP contribution in [0.25, 0.3) is 0 Å². The Bertz CT molecular complexity index is 448. The van der Waals surface area contributed by atoms with Crippen molar-refractivity contribution < 1.29 is 10.0 Å². The molecule has 0 unspecified atom stereocenters. The van der Waals surface area contributed by atoms with Crippen LogP contribution in [-0.2, 0) is 0 Å². The summed E-state index contributed by atoms with van der Waals surface area (Å²) in [4.78, 5) is 22.5. The summed E-state index contributed by atoms with van der Waals surface area (Å²) >= 11 is 0. The van der Waals surface area contributed by atoms with E-state index in [9.17, 15) is 9.59 Å². The Morgan fingerprint density at radius 3 is 2.80 bits per heavy atom. The van der Waals surface area contributed by atoms with Gasteiger partial charge < -0.3 is 5.21 Å². The summed E-state index contributed by atoms with van der Waals surface area (Å²) in [5.41, 5.74) is -0.205. The van der Waals surface area contributed by atoms with Crippen LogP contribution >= 0.6 is 0 Å². The molecule has 0 aromatic carbocycles. The smallest absolute Gasteiger partial charge is 0.267 e. The van der Waals surface area contributed by atoms with Crippen molar-refractivity contribution >= 4 is 12.0 Å². The SMILES string of the molecule is CC(C)n1nc(C(=O)C=NO)ccc1=O. The van der Waals surface area contributed by atoms with Gasteiger partial charge in [-0.2, -0.15) is 5.10 Å². The zero-order chi connectivity index (χ0) is 11.4. The van der Waals surface area contributed by atoms with E-state index in [1.54, 1.807) is 13.8 Å². The standard InChI is InChI=1S/C9H11N3O3/c1-6(2)12-9(14)4-3-7(11-12)8(13)5-10-15/h3-6,15H,1-2H3. The normalized spacial score (nSPS) is 11.1. The van der Waals surface area contributed by atoms with Crippen LogP contribution in [0.3, 0.4) is 0 Å². The fourth-order valence-electron chi connectivity index (χ4n) is 1.05. The number of Topliss-reactive ketones (excluding diaryl/α,β-unsaturated/α-hetero) is 1. The van der Waals surface area contributed by atoms with Crippen molar-refractivity contribution in [2.45, 2.75) is 19.9 Å². The quantitative estimate of drug-likeness (QED) is 0.339. The van der Waals surface area contributed by atoms with Gasteiger partial charge in [-0.15, -0.1) is 0 Å². The van der Waals surface area contributed by atoms with Crippen molar-refractivity contribution in [2.75, 3.05) is 0 Å². The second-order valence-electron chi connectivity index (χ2n) is 3.20. The molecular weight excluding hydrogens is 198 g/mol. The molecule has 0 fully saturated rings. The van der Waals surface area contributed by atoms with Gasteiger partial charge in [-0.05, 0) is 19.9 Å². The molecule has 1 N–H and O–H groups in total. The van der Waals surface area contributed by atoms with Crippen LogP contribution in [0.2, 0.25) is 0 Å². The van der Waals surface area contributed by atoms with Gasteiger partial charge in [0.05, 0.1) is 6.04 Å². The summed E-state index contributed by atoms with van der Waals surface area (Å²) in [6, 6.07) is 2.42. The predicted octanol–water partition coefficient (Wildman–Crippen LogP) is 0.467. The highest BCUT2D eigenvalue weighted by Crippen LogP contribution is 1.98. The van der Waals surface area contributed by atoms with E-state index < -0.39 is 5.78 Å². The lowest BCUT2D eigenvalue weighted by molar-refractivity contribution is 0.106. The number of ketones is 1.